The molecule has 1 fully saturated rings. The Morgan fingerprint density at radius 2 is 2.35 bits per heavy atom. The van der Waals surface area contributed by atoms with Crippen LogP contribution in [-0.2, 0) is 14.3 Å². The monoisotopic (exact) mass is 278 g/mol. The molecule has 0 amide bonds. The number of carbonyl (C=O) groups excluding carboxylic acids is 1. The molecule has 5 nitrogen and oxygen atoms in total. The molecular weight excluding hydrogens is 260 g/mol. The van der Waals surface area contributed by atoms with Crippen molar-refractivity contribution < 1.29 is 14.3 Å². The Balaban J connectivity index is 2.37. The summed E-state index contributed by atoms with van der Waals surface area (Å²) in [6.07, 6.45) is 0. The molecule has 1 heterocycles. The summed E-state index contributed by atoms with van der Waals surface area (Å²) in [6.45, 7) is 2.76. The zero-order chi connectivity index (χ0) is 12.7. The van der Waals surface area contributed by atoms with Crippen molar-refractivity contribution in [2.24, 2.45) is 0 Å². The predicted molar refractivity (Wildman–Crippen MR) is 72.3 cm³/mol. The molecule has 1 saturated heterocycles. The lowest BCUT2D eigenvalue weighted by Gasteiger charge is -2.32. The molecule has 0 unspecified atom stereocenters. The molecule has 1 aliphatic rings. The van der Waals surface area contributed by atoms with E-state index >= 15 is 0 Å². The molecule has 0 aromatic carbocycles. The third kappa shape index (κ3) is 4.69. The van der Waals surface area contributed by atoms with Crippen molar-refractivity contribution in [3.8, 4) is 0 Å². The molecule has 17 heavy (non-hydrogen) atoms. The second kappa shape index (κ2) is 7.73. The van der Waals surface area contributed by atoms with Crippen molar-refractivity contribution in [2.75, 3.05) is 46.2 Å². The van der Waals surface area contributed by atoms with Gasteiger partial charge in [0.1, 0.15) is 5.25 Å². The van der Waals surface area contributed by atoms with E-state index in [1.165, 1.54) is 7.11 Å². The standard InChI is InChI=1S/C10H18N2O3S2/c1-14-5-3-11-10(16)12-4-6-17-8(7-12)9(13)15-2/h8H,3-7H2,1-2H3,(H,11,16)/t8-/m0/s1. The van der Waals surface area contributed by atoms with Crippen LogP contribution in [0.15, 0.2) is 0 Å². The number of thioether (sulfide) groups is 1. The van der Waals surface area contributed by atoms with E-state index in [9.17, 15) is 4.79 Å². The molecule has 0 saturated carbocycles. The number of carbonyl (C=O) groups is 1. The molecule has 1 N–H and O–H groups in total. The van der Waals surface area contributed by atoms with Crippen molar-refractivity contribution in [2.45, 2.75) is 5.25 Å². The van der Waals surface area contributed by atoms with Crippen molar-refractivity contribution in [1.82, 2.24) is 10.2 Å². The zero-order valence-electron chi connectivity index (χ0n) is 10.1. The first-order chi connectivity index (χ1) is 8.19. The topological polar surface area (TPSA) is 50.8 Å². The highest BCUT2D eigenvalue weighted by atomic mass is 32.2. The summed E-state index contributed by atoms with van der Waals surface area (Å²) < 4.78 is 9.68. The van der Waals surface area contributed by atoms with Crippen LogP contribution in [0.25, 0.3) is 0 Å². The van der Waals surface area contributed by atoms with Gasteiger partial charge in [0, 0.05) is 32.5 Å². The molecule has 0 spiro atoms. The van der Waals surface area contributed by atoms with Crippen LogP contribution < -0.4 is 5.32 Å². The van der Waals surface area contributed by atoms with E-state index in [0.29, 0.717) is 24.8 Å². The first kappa shape index (κ1) is 14.5. The maximum absolute atomic E-state index is 11.4. The van der Waals surface area contributed by atoms with Gasteiger partial charge in [-0.2, -0.15) is 0 Å². The quantitative estimate of drug-likeness (QED) is 0.444. The first-order valence-electron chi connectivity index (χ1n) is 5.40. The highest BCUT2D eigenvalue weighted by molar-refractivity contribution is 8.00. The third-order valence-corrected chi connectivity index (χ3v) is 3.96. The number of rotatable bonds is 4. The van der Waals surface area contributed by atoms with E-state index in [1.807, 2.05) is 4.90 Å². The highest BCUT2D eigenvalue weighted by Crippen LogP contribution is 2.19. The summed E-state index contributed by atoms with van der Waals surface area (Å²) in [5.41, 5.74) is 0. The molecule has 98 valence electrons. The third-order valence-electron chi connectivity index (χ3n) is 2.40. The van der Waals surface area contributed by atoms with Crippen LogP contribution >= 0.6 is 24.0 Å². The van der Waals surface area contributed by atoms with Crippen molar-refractivity contribution in [3.05, 3.63) is 0 Å². The van der Waals surface area contributed by atoms with Crippen molar-refractivity contribution in [1.29, 1.82) is 0 Å². The molecule has 1 atom stereocenters. The fraction of sp³-hybridized carbons (Fsp3) is 0.800. The van der Waals surface area contributed by atoms with Crippen LogP contribution in [0.4, 0.5) is 0 Å². The number of esters is 1. The Morgan fingerprint density at radius 3 is 3.00 bits per heavy atom. The minimum atomic E-state index is -0.181. The fourth-order valence-electron chi connectivity index (χ4n) is 1.48. The minimum absolute atomic E-state index is 0.143. The van der Waals surface area contributed by atoms with Gasteiger partial charge in [0.05, 0.1) is 13.7 Å². The molecule has 1 rings (SSSR count). The summed E-state index contributed by atoms with van der Waals surface area (Å²) in [5.74, 6) is 0.700. The first-order valence-corrected chi connectivity index (χ1v) is 6.86. The Morgan fingerprint density at radius 1 is 1.59 bits per heavy atom. The lowest BCUT2D eigenvalue weighted by molar-refractivity contribution is -0.140. The van der Waals surface area contributed by atoms with Gasteiger partial charge in [-0.3, -0.25) is 4.79 Å². The molecule has 0 aromatic rings. The molecule has 1 aliphatic heterocycles. The normalized spacial score (nSPS) is 19.9. The Kier molecular flexibility index (Phi) is 6.61. The minimum Gasteiger partial charge on any atom is -0.468 e. The number of thiocarbonyl (C=S) groups is 1. The summed E-state index contributed by atoms with van der Waals surface area (Å²) in [6, 6.07) is 0. The summed E-state index contributed by atoms with van der Waals surface area (Å²) in [5, 5.41) is 3.64. The summed E-state index contributed by atoms with van der Waals surface area (Å²) in [7, 11) is 3.06. The lowest BCUT2D eigenvalue weighted by Crippen LogP contribution is -2.49. The van der Waals surface area contributed by atoms with Gasteiger partial charge in [-0.15, -0.1) is 11.8 Å². The second-order valence-electron chi connectivity index (χ2n) is 3.55. The van der Waals surface area contributed by atoms with E-state index in [1.54, 1.807) is 18.9 Å². The van der Waals surface area contributed by atoms with Crippen LogP contribution in [0, 0.1) is 0 Å². The molecule has 0 radical (unpaired) electrons. The predicted octanol–water partition coefficient (Wildman–Crippen LogP) is 0.0977. The number of nitrogens with zero attached hydrogens (tertiary/aromatic N) is 1. The number of nitrogens with one attached hydrogen (secondary N) is 1. The second-order valence-corrected chi connectivity index (χ2v) is 5.25. The Bertz CT molecular complexity index is 276. The molecule has 7 heteroatoms. The average Bonchev–Trinajstić information content (AvgIpc) is 2.38. The maximum atomic E-state index is 11.4. The van der Waals surface area contributed by atoms with Gasteiger partial charge < -0.3 is 19.7 Å². The summed E-state index contributed by atoms with van der Waals surface area (Å²) in [4.78, 5) is 13.4. The number of hydrogen-bond acceptors (Lipinski definition) is 5. The molecule has 0 aliphatic carbocycles. The van der Waals surface area contributed by atoms with Crippen LogP contribution in [0.1, 0.15) is 0 Å². The maximum Gasteiger partial charge on any atom is 0.320 e. The SMILES string of the molecule is COCCNC(=S)N1CCS[C@H](C(=O)OC)C1. The van der Waals surface area contributed by atoms with Crippen molar-refractivity contribution >= 4 is 35.1 Å². The largest absolute Gasteiger partial charge is 0.468 e. The molecule has 0 bridgehead atoms. The van der Waals surface area contributed by atoms with E-state index in [2.05, 4.69) is 5.32 Å². The number of ether oxygens (including phenoxy) is 2. The zero-order valence-corrected chi connectivity index (χ0v) is 11.7. The van der Waals surface area contributed by atoms with Gasteiger partial charge in [0.2, 0.25) is 0 Å². The average molecular weight is 278 g/mol. The summed E-state index contributed by atoms with van der Waals surface area (Å²) >= 11 is 6.88. The fourth-order valence-corrected chi connectivity index (χ4v) is 2.88. The Hall–Kier alpha value is -0.530. The van der Waals surface area contributed by atoms with Gasteiger partial charge in [0.15, 0.2) is 5.11 Å². The molecular formula is C10H18N2O3S2. The van der Waals surface area contributed by atoms with Crippen LogP contribution in [0.5, 0.6) is 0 Å². The number of hydrogen-bond donors (Lipinski definition) is 1. The van der Waals surface area contributed by atoms with Gasteiger partial charge in [0.25, 0.3) is 0 Å². The van der Waals surface area contributed by atoms with E-state index in [4.69, 9.17) is 21.7 Å². The van der Waals surface area contributed by atoms with E-state index in [0.717, 1.165) is 12.3 Å². The smallest absolute Gasteiger partial charge is 0.320 e. The highest BCUT2D eigenvalue weighted by Gasteiger charge is 2.28. The van der Waals surface area contributed by atoms with Gasteiger partial charge in [-0.25, -0.2) is 0 Å². The lowest BCUT2D eigenvalue weighted by atomic mass is 10.3. The number of methoxy groups -OCH3 is 2. The van der Waals surface area contributed by atoms with Crippen LogP contribution in [0.2, 0.25) is 0 Å². The van der Waals surface area contributed by atoms with E-state index < -0.39 is 0 Å². The van der Waals surface area contributed by atoms with Crippen LogP contribution in [-0.4, -0.2) is 67.4 Å². The van der Waals surface area contributed by atoms with Gasteiger partial charge in [-0.1, -0.05) is 0 Å². The Labute approximate surface area is 111 Å². The van der Waals surface area contributed by atoms with E-state index in [-0.39, 0.29) is 11.2 Å². The molecule has 0 aromatic heterocycles. The van der Waals surface area contributed by atoms with Gasteiger partial charge in [-0.05, 0) is 12.2 Å². The van der Waals surface area contributed by atoms with Gasteiger partial charge >= 0.3 is 5.97 Å². The van der Waals surface area contributed by atoms with Crippen molar-refractivity contribution in [3.63, 3.8) is 0 Å². The van der Waals surface area contributed by atoms with Crippen LogP contribution in [0.3, 0.4) is 0 Å².